The van der Waals surface area contributed by atoms with E-state index in [1.165, 1.54) is 18.2 Å². The Balaban J connectivity index is 1.70. The molecule has 0 saturated heterocycles. The van der Waals surface area contributed by atoms with Crippen molar-refractivity contribution in [2.45, 2.75) is 25.6 Å². The normalized spacial score (nSPS) is 19.2. The van der Waals surface area contributed by atoms with E-state index in [0.29, 0.717) is 10.5 Å². The maximum Gasteiger partial charge on any atom is 0.418 e. The third-order valence-electron chi connectivity index (χ3n) is 6.06. The molecule has 0 aliphatic carbocycles. The van der Waals surface area contributed by atoms with Crippen molar-refractivity contribution >= 4 is 28.8 Å². The lowest BCUT2D eigenvalue weighted by Gasteiger charge is -2.31. The molecule has 7 heteroatoms. The van der Waals surface area contributed by atoms with Crippen LogP contribution in [0.5, 0.6) is 0 Å². The number of fused-ring (bicyclic) bond motifs is 2. The molecule has 0 radical (unpaired) electrons. The van der Waals surface area contributed by atoms with E-state index in [9.17, 15) is 22.8 Å². The number of carbonyl (C=O) groups excluding carboxylic acids is 2. The fourth-order valence-corrected chi connectivity index (χ4v) is 4.53. The van der Waals surface area contributed by atoms with Crippen LogP contribution in [-0.2, 0) is 17.4 Å². The number of halogens is 3. The molecule has 5 rings (SSSR count). The second kappa shape index (κ2) is 7.62. The third-order valence-corrected chi connectivity index (χ3v) is 6.06. The van der Waals surface area contributed by atoms with Crippen LogP contribution in [-0.4, -0.2) is 17.9 Å². The topological polar surface area (TPSA) is 40.6 Å². The van der Waals surface area contributed by atoms with Gasteiger partial charge in [0.05, 0.1) is 16.8 Å². The van der Waals surface area contributed by atoms with Gasteiger partial charge in [0.25, 0.3) is 11.8 Å². The minimum absolute atomic E-state index is 0.0448. The lowest BCUT2D eigenvalue weighted by Crippen LogP contribution is -2.43. The molecule has 0 N–H and O–H groups in total. The van der Waals surface area contributed by atoms with E-state index in [1.54, 1.807) is 24.4 Å². The van der Waals surface area contributed by atoms with Crippen LogP contribution in [0.25, 0.3) is 5.57 Å². The van der Waals surface area contributed by atoms with Gasteiger partial charge in [-0.15, -0.1) is 0 Å². The summed E-state index contributed by atoms with van der Waals surface area (Å²) in [6, 6.07) is 19.0. The highest BCUT2D eigenvalue weighted by Gasteiger charge is 2.42. The predicted octanol–water partition coefficient (Wildman–Crippen LogP) is 5.68. The van der Waals surface area contributed by atoms with Crippen molar-refractivity contribution in [2.75, 3.05) is 9.80 Å². The first-order chi connectivity index (χ1) is 15.8. The Labute approximate surface area is 188 Å². The summed E-state index contributed by atoms with van der Waals surface area (Å²) in [5.74, 6) is -1.56. The zero-order valence-electron chi connectivity index (χ0n) is 17.6. The lowest BCUT2D eigenvalue weighted by molar-refractivity contribution is -0.137. The van der Waals surface area contributed by atoms with E-state index in [0.717, 1.165) is 29.8 Å². The van der Waals surface area contributed by atoms with Gasteiger partial charge < -0.3 is 4.90 Å². The van der Waals surface area contributed by atoms with Gasteiger partial charge in [-0.3, -0.25) is 9.59 Å². The molecule has 4 nitrogen and oxygen atoms in total. The fourth-order valence-electron chi connectivity index (χ4n) is 4.53. The van der Waals surface area contributed by atoms with Crippen molar-refractivity contribution in [3.8, 4) is 0 Å². The molecule has 0 fully saturated rings. The second-order valence-electron chi connectivity index (χ2n) is 8.14. The van der Waals surface area contributed by atoms with Gasteiger partial charge in [-0.05, 0) is 43.2 Å². The van der Waals surface area contributed by atoms with E-state index in [2.05, 4.69) is 0 Å². The number of rotatable bonds is 2. The molecule has 0 spiro atoms. The number of carbonyl (C=O) groups is 2. The maximum absolute atomic E-state index is 13.7. The zero-order chi connectivity index (χ0) is 23.3. The minimum Gasteiger partial charge on any atom is -0.344 e. The fraction of sp³-hybridized carbons (Fsp3) is 0.154. The van der Waals surface area contributed by atoms with Crippen molar-refractivity contribution in [3.63, 3.8) is 0 Å². The molecular weight excluding hydrogens is 429 g/mol. The summed E-state index contributed by atoms with van der Waals surface area (Å²) in [5, 5.41) is 0. The highest BCUT2D eigenvalue weighted by Crippen LogP contribution is 2.41. The highest BCUT2D eigenvalue weighted by atomic mass is 19.4. The van der Waals surface area contributed by atoms with Crippen LogP contribution in [0.3, 0.4) is 0 Å². The molecule has 3 aromatic rings. The Morgan fingerprint density at radius 1 is 0.818 bits per heavy atom. The number of imide groups is 1. The number of nitrogens with zero attached hydrogens (tertiary/aromatic N) is 2. The van der Waals surface area contributed by atoms with E-state index >= 15 is 0 Å². The number of hydrogen-bond acceptors (Lipinski definition) is 3. The summed E-state index contributed by atoms with van der Waals surface area (Å²) in [4.78, 5) is 29.5. The Morgan fingerprint density at radius 3 is 2.15 bits per heavy atom. The van der Waals surface area contributed by atoms with E-state index < -0.39 is 29.2 Å². The number of amides is 2. The van der Waals surface area contributed by atoms with E-state index in [-0.39, 0.29) is 17.2 Å². The largest absolute Gasteiger partial charge is 0.418 e. The van der Waals surface area contributed by atoms with Crippen LogP contribution < -0.4 is 9.80 Å². The Hall–Kier alpha value is -3.87. The van der Waals surface area contributed by atoms with Crippen molar-refractivity contribution in [1.82, 2.24) is 0 Å². The summed E-state index contributed by atoms with van der Waals surface area (Å²) >= 11 is 0. The Morgan fingerprint density at radius 2 is 1.42 bits per heavy atom. The molecule has 0 saturated carbocycles. The van der Waals surface area contributed by atoms with Gasteiger partial charge >= 0.3 is 6.18 Å². The second-order valence-corrected chi connectivity index (χ2v) is 8.14. The molecular formula is C26H19F3N2O2. The lowest BCUT2D eigenvalue weighted by atomic mass is 9.93. The van der Waals surface area contributed by atoms with Gasteiger partial charge in [-0.1, -0.05) is 48.5 Å². The number of para-hydroxylation sites is 2. The van der Waals surface area contributed by atoms with Gasteiger partial charge in [-0.2, -0.15) is 13.2 Å². The smallest absolute Gasteiger partial charge is 0.344 e. The summed E-state index contributed by atoms with van der Waals surface area (Å²) in [5.41, 5.74) is 1.30. The molecule has 2 aliphatic heterocycles. The summed E-state index contributed by atoms with van der Waals surface area (Å²) in [6.45, 7) is 2.01. The molecule has 2 heterocycles. The molecule has 3 aromatic carbocycles. The average molecular weight is 448 g/mol. The van der Waals surface area contributed by atoms with Crippen molar-refractivity contribution in [1.29, 1.82) is 0 Å². The highest BCUT2D eigenvalue weighted by molar-refractivity contribution is 6.41. The van der Waals surface area contributed by atoms with E-state index in [1.807, 2.05) is 36.1 Å². The molecule has 33 heavy (non-hydrogen) atoms. The molecule has 2 aliphatic rings. The predicted molar refractivity (Wildman–Crippen MR) is 120 cm³/mol. The molecule has 0 bridgehead atoms. The molecule has 0 aromatic heterocycles. The third kappa shape index (κ3) is 3.40. The number of anilines is 2. The van der Waals surface area contributed by atoms with Crippen LogP contribution in [0.15, 0.2) is 79.0 Å². The van der Waals surface area contributed by atoms with Crippen LogP contribution in [0, 0.1) is 0 Å². The van der Waals surface area contributed by atoms with Gasteiger partial charge in [-0.25, -0.2) is 4.90 Å². The van der Waals surface area contributed by atoms with Crippen LogP contribution in [0.2, 0.25) is 0 Å². The molecule has 1 atom stereocenters. The number of benzene rings is 3. The first-order valence-corrected chi connectivity index (χ1v) is 10.5. The summed E-state index contributed by atoms with van der Waals surface area (Å²) < 4.78 is 41.2. The average Bonchev–Trinajstić information content (AvgIpc) is 3.11. The van der Waals surface area contributed by atoms with Gasteiger partial charge in [0, 0.05) is 29.1 Å². The Bertz CT molecular complexity index is 1310. The molecule has 1 unspecified atom stereocenters. The van der Waals surface area contributed by atoms with Crippen molar-refractivity contribution in [3.05, 3.63) is 101 Å². The van der Waals surface area contributed by atoms with E-state index in [4.69, 9.17) is 0 Å². The van der Waals surface area contributed by atoms with Crippen LogP contribution in [0.4, 0.5) is 24.5 Å². The monoisotopic (exact) mass is 448 g/mol. The van der Waals surface area contributed by atoms with Crippen molar-refractivity contribution < 1.29 is 22.8 Å². The quantitative estimate of drug-likeness (QED) is 0.374. The summed E-state index contributed by atoms with van der Waals surface area (Å²) in [7, 11) is 0. The van der Waals surface area contributed by atoms with Crippen LogP contribution in [0.1, 0.15) is 34.0 Å². The van der Waals surface area contributed by atoms with Gasteiger partial charge in [0.1, 0.15) is 0 Å². The van der Waals surface area contributed by atoms with Gasteiger partial charge in [0.15, 0.2) is 0 Å². The number of hydrogen-bond donors (Lipinski definition) is 0. The Kier molecular flexibility index (Phi) is 4.85. The maximum atomic E-state index is 13.7. The standard InChI is InChI=1S/C26H19F3N2O2/c1-16-14-17-8-2-6-12-22(17)30(16)15-20-18-9-3-4-10-19(18)24(32)31(25(20)33)23-13-7-5-11-21(23)26(27,28)29/h2-13,15-16H,14H2,1H3/b20-15+. The van der Waals surface area contributed by atoms with Crippen LogP contribution >= 0.6 is 0 Å². The minimum atomic E-state index is -4.72. The van der Waals surface area contributed by atoms with Gasteiger partial charge in [0.2, 0.25) is 0 Å². The molecule has 2 amide bonds. The first-order valence-electron chi connectivity index (χ1n) is 10.5. The zero-order valence-corrected chi connectivity index (χ0v) is 17.6. The molecule has 166 valence electrons. The summed E-state index contributed by atoms with van der Waals surface area (Å²) in [6.07, 6.45) is -2.29. The number of alkyl halides is 3. The first kappa shape index (κ1) is 21.0. The van der Waals surface area contributed by atoms with Crippen molar-refractivity contribution in [2.24, 2.45) is 0 Å². The SMILES string of the molecule is CC1Cc2ccccc2N1/C=C1/C(=O)N(c2ccccc2C(F)(F)F)C(=O)c2ccccc21.